The predicted molar refractivity (Wildman–Crippen MR) is 129 cm³/mol. The number of nitrogens with zero attached hydrogens (tertiary/aromatic N) is 3. The van der Waals surface area contributed by atoms with Crippen molar-refractivity contribution >= 4 is 50.3 Å². The minimum Gasteiger partial charge on any atom is -0.508 e. The molecule has 0 amide bonds. The molecular weight excluding hydrogens is 472 g/mol. The Morgan fingerprint density at radius 3 is 2.31 bits per heavy atom. The van der Waals surface area contributed by atoms with E-state index in [4.69, 9.17) is 28.6 Å². The van der Waals surface area contributed by atoms with Gasteiger partial charge in [0.1, 0.15) is 5.75 Å². The molecular formula is C21H25ClN4O4S2. The number of morpholine rings is 1. The van der Waals surface area contributed by atoms with Crippen LogP contribution in [0.15, 0.2) is 47.4 Å². The number of phenolic OH excluding ortho intramolecular Hbond substituents is 1. The van der Waals surface area contributed by atoms with Gasteiger partial charge in [0.25, 0.3) is 0 Å². The van der Waals surface area contributed by atoms with Crippen LogP contribution in [-0.2, 0) is 14.8 Å². The number of anilines is 2. The third kappa shape index (κ3) is 5.10. The summed E-state index contributed by atoms with van der Waals surface area (Å²) in [6, 6.07) is 11.7. The summed E-state index contributed by atoms with van der Waals surface area (Å²) in [5, 5.41) is 13.5. The van der Waals surface area contributed by atoms with Crippen LogP contribution in [0.25, 0.3) is 0 Å². The van der Waals surface area contributed by atoms with Crippen LogP contribution in [0.5, 0.6) is 5.75 Å². The number of ether oxygens (including phenoxy) is 1. The van der Waals surface area contributed by atoms with Crippen molar-refractivity contribution in [3.8, 4) is 5.75 Å². The van der Waals surface area contributed by atoms with Gasteiger partial charge in [-0.2, -0.15) is 4.31 Å². The second-order valence-electron chi connectivity index (χ2n) is 7.58. The normalized spacial score (nSPS) is 17.9. The van der Waals surface area contributed by atoms with Gasteiger partial charge in [-0.3, -0.25) is 0 Å². The Balaban J connectivity index is 1.41. The lowest BCUT2D eigenvalue weighted by Crippen LogP contribution is -2.50. The lowest BCUT2D eigenvalue weighted by Gasteiger charge is -2.37. The average molecular weight is 497 g/mol. The van der Waals surface area contributed by atoms with E-state index in [1.165, 1.54) is 16.4 Å². The highest BCUT2D eigenvalue weighted by Gasteiger charge is 2.27. The topological polar surface area (TPSA) is 85.4 Å². The van der Waals surface area contributed by atoms with Crippen molar-refractivity contribution in [2.24, 2.45) is 0 Å². The van der Waals surface area contributed by atoms with E-state index in [1.54, 1.807) is 18.2 Å². The van der Waals surface area contributed by atoms with E-state index in [0.29, 0.717) is 55.2 Å². The smallest absolute Gasteiger partial charge is 0.243 e. The molecule has 2 aliphatic heterocycles. The monoisotopic (exact) mass is 496 g/mol. The predicted octanol–water partition coefficient (Wildman–Crippen LogP) is 2.59. The molecule has 0 bridgehead atoms. The average Bonchev–Trinajstić information content (AvgIpc) is 2.81. The van der Waals surface area contributed by atoms with Gasteiger partial charge in [-0.15, -0.1) is 0 Å². The molecule has 32 heavy (non-hydrogen) atoms. The minimum absolute atomic E-state index is 0.172. The Morgan fingerprint density at radius 1 is 1.00 bits per heavy atom. The number of rotatable bonds is 4. The summed E-state index contributed by atoms with van der Waals surface area (Å²) >= 11 is 11.9. The van der Waals surface area contributed by atoms with Crippen LogP contribution >= 0.6 is 23.8 Å². The summed E-state index contributed by atoms with van der Waals surface area (Å²) < 4.78 is 32.6. The number of piperazine rings is 1. The molecule has 4 rings (SSSR count). The van der Waals surface area contributed by atoms with Crippen LogP contribution in [0.3, 0.4) is 0 Å². The van der Waals surface area contributed by atoms with Crippen LogP contribution in [0.4, 0.5) is 11.4 Å². The molecule has 0 atom stereocenters. The van der Waals surface area contributed by atoms with E-state index in [9.17, 15) is 13.5 Å². The van der Waals surface area contributed by atoms with Gasteiger partial charge in [0.05, 0.1) is 28.8 Å². The first kappa shape index (κ1) is 23.1. The first-order chi connectivity index (χ1) is 15.3. The first-order valence-corrected chi connectivity index (χ1v) is 12.5. The van der Waals surface area contributed by atoms with Gasteiger partial charge >= 0.3 is 0 Å². The highest BCUT2D eigenvalue weighted by atomic mass is 35.5. The quantitative estimate of drug-likeness (QED) is 0.625. The molecule has 2 aromatic rings. The standard InChI is InChI=1S/C21H25ClN4O4S2/c22-19-6-5-18(32(28,29)26-11-13-30-14-12-26)15-20(19)23-21(31)25-9-7-24(8-10-25)16-1-3-17(27)4-2-16/h1-6,15,27H,7-14H2,(H,23,31). The highest BCUT2D eigenvalue weighted by molar-refractivity contribution is 7.89. The fourth-order valence-corrected chi connectivity index (χ4v) is 5.61. The molecule has 0 unspecified atom stereocenters. The van der Waals surface area contributed by atoms with Crippen LogP contribution in [0.2, 0.25) is 5.02 Å². The molecule has 2 fully saturated rings. The number of thiocarbonyl (C=S) groups is 1. The van der Waals surface area contributed by atoms with E-state index in [-0.39, 0.29) is 10.6 Å². The van der Waals surface area contributed by atoms with E-state index >= 15 is 0 Å². The van der Waals surface area contributed by atoms with Crippen LogP contribution < -0.4 is 10.2 Å². The van der Waals surface area contributed by atoms with Gasteiger partial charge < -0.3 is 25.0 Å². The van der Waals surface area contributed by atoms with Gasteiger partial charge in [0.15, 0.2) is 5.11 Å². The Hall–Kier alpha value is -2.11. The van der Waals surface area contributed by atoms with Crippen LogP contribution in [0, 0.1) is 0 Å². The third-order valence-electron chi connectivity index (χ3n) is 5.57. The second-order valence-corrected chi connectivity index (χ2v) is 10.3. The fourth-order valence-electron chi connectivity index (χ4n) is 3.72. The van der Waals surface area contributed by atoms with Gasteiger partial charge in [-0.25, -0.2) is 8.42 Å². The molecule has 8 nitrogen and oxygen atoms in total. The highest BCUT2D eigenvalue weighted by Crippen LogP contribution is 2.28. The SMILES string of the molecule is O=S(=O)(c1ccc(Cl)c(NC(=S)N2CCN(c3ccc(O)cc3)CC2)c1)N1CCOCC1. The molecule has 0 saturated carbocycles. The van der Waals surface area contributed by atoms with Crippen molar-refractivity contribution < 1.29 is 18.3 Å². The molecule has 2 heterocycles. The molecule has 0 spiro atoms. The fraction of sp³-hybridized carbons (Fsp3) is 0.381. The summed E-state index contributed by atoms with van der Waals surface area (Å²) in [7, 11) is -3.63. The van der Waals surface area contributed by atoms with Gasteiger partial charge in [0, 0.05) is 45.0 Å². The van der Waals surface area contributed by atoms with E-state index in [1.807, 2.05) is 17.0 Å². The molecule has 0 aromatic heterocycles. The Labute approximate surface area is 198 Å². The molecule has 172 valence electrons. The molecule has 0 radical (unpaired) electrons. The maximum absolute atomic E-state index is 13.0. The van der Waals surface area contributed by atoms with Crippen molar-refractivity contribution in [2.45, 2.75) is 4.90 Å². The van der Waals surface area contributed by atoms with Crippen molar-refractivity contribution in [3.05, 3.63) is 47.5 Å². The summed E-state index contributed by atoms with van der Waals surface area (Å²) in [4.78, 5) is 4.43. The van der Waals surface area contributed by atoms with E-state index in [0.717, 1.165) is 18.8 Å². The number of phenols is 1. The van der Waals surface area contributed by atoms with Gasteiger partial charge in [0.2, 0.25) is 10.0 Å². The van der Waals surface area contributed by atoms with Crippen LogP contribution in [0.1, 0.15) is 0 Å². The Morgan fingerprint density at radius 2 is 1.66 bits per heavy atom. The number of hydrogen-bond donors (Lipinski definition) is 2. The molecule has 2 N–H and O–H groups in total. The summed E-state index contributed by atoms with van der Waals surface area (Å²) in [5.74, 6) is 0.243. The van der Waals surface area contributed by atoms with Crippen molar-refractivity contribution in [2.75, 3.05) is 62.7 Å². The van der Waals surface area contributed by atoms with Crippen LogP contribution in [-0.4, -0.2) is 80.3 Å². The largest absolute Gasteiger partial charge is 0.508 e. The minimum atomic E-state index is -3.63. The molecule has 0 aliphatic carbocycles. The zero-order valence-electron chi connectivity index (χ0n) is 17.4. The molecule has 2 saturated heterocycles. The number of halogens is 1. The molecule has 2 aliphatic rings. The Kier molecular flexibility index (Phi) is 7.06. The zero-order chi connectivity index (χ0) is 22.7. The second kappa shape index (κ2) is 9.80. The number of nitrogens with one attached hydrogen (secondary N) is 1. The number of benzene rings is 2. The van der Waals surface area contributed by atoms with Crippen molar-refractivity contribution in [1.29, 1.82) is 0 Å². The zero-order valence-corrected chi connectivity index (χ0v) is 19.8. The molecule has 11 heteroatoms. The summed E-state index contributed by atoms with van der Waals surface area (Å²) in [6.07, 6.45) is 0. The third-order valence-corrected chi connectivity index (χ3v) is 8.15. The number of aromatic hydroxyl groups is 1. The summed E-state index contributed by atoms with van der Waals surface area (Å²) in [5.41, 5.74) is 1.51. The first-order valence-electron chi connectivity index (χ1n) is 10.3. The van der Waals surface area contributed by atoms with Crippen molar-refractivity contribution in [3.63, 3.8) is 0 Å². The maximum Gasteiger partial charge on any atom is 0.243 e. The lowest BCUT2D eigenvalue weighted by atomic mass is 10.2. The molecule has 2 aromatic carbocycles. The van der Waals surface area contributed by atoms with Gasteiger partial charge in [-0.1, -0.05) is 11.6 Å². The Bertz CT molecular complexity index is 1070. The lowest BCUT2D eigenvalue weighted by molar-refractivity contribution is 0.0730. The maximum atomic E-state index is 13.0. The van der Waals surface area contributed by atoms with E-state index in [2.05, 4.69) is 10.2 Å². The number of hydrogen-bond acceptors (Lipinski definition) is 6. The summed E-state index contributed by atoms with van der Waals surface area (Å²) in [6.45, 7) is 4.38. The van der Waals surface area contributed by atoms with Crippen molar-refractivity contribution in [1.82, 2.24) is 9.21 Å². The number of sulfonamides is 1. The van der Waals surface area contributed by atoms with Gasteiger partial charge in [-0.05, 0) is 54.7 Å². The van der Waals surface area contributed by atoms with E-state index < -0.39 is 10.0 Å².